The van der Waals surface area contributed by atoms with Crippen LogP contribution in [0.3, 0.4) is 0 Å². The van der Waals surface area contributed by atoms with Gasteiger partial charge in [0.2, 0.25) is 5.95 Å². The zero-order valence-corrected chi connectivity index (χ0v) is 30.0. The highest BCUT2D eigenvalue weighted by atomic mass is 16.5. The highest BCUT2D eigenvalue weighted by Crippen LogP contribution is 2.62. The van der Waals surface area contributed by atoms with Crippen LogP contribution in [-0.4, -0.2) is 19.1 Å². The number of nitrogens with zero attached hydrogens (tertiary/aromatic N) is 4. The Bertz CT molecular complexity index is 3470. The average Bonchev–Trinajstić information content (AvgIpc) is 3.79. The Morgan fingerprint density at radius 2 is 1.09 bits per heavy atom. The van der Waals surface area contributed by atoms with Crippen molar-refractivity contribution in [1.82, 2.24) is 19.1 Å². The molecule has 0 saturated carbocycles. The quantitative estimate of drug-likeness (QED) is 0.179. The summed E-state index contributed by atoms with van der Waals surface area (Å²) in [5.74, 6) is 2.34. The minimum absolute atomic E-state index is 0.622. The van der Waals surface area contributed by atoms with Gasteiger partial charge in [-0.15, -0.1) is 0 Å². The summed E-state index contributed by atoms with van der Waals surface area (Å²) < 4.78 is 11.9. The number of hydrogen-bond donors (Lipinski definition) is 0. The molecule has 0 fully saturated rings. The van der Waals surface area contributed by atoms with Crippen LogP contribution in [0.25, 0.3) is 77.4 Å². The normalized spacial score (nSPS) is 15.4. The number of aromatic nitrogens is 4. The lowest BCUT2D eigenvalue weighted by Gasteiger charge is -2.45. The van der Waals surface area contributed by atoms with Crippen LogP contribution in [0.1, 0.15) is 22.3 Å². The maximum absolute atomic E-state index is 7.24. The first-order valence-corrected chi connectivity index (χ1v) is 19.1. The highest BCUT2D eigenvalue weighted by Gasteiger charge is 2.50. The summed E-state index contributed by atoms with van der Waals surface area (Å²) in [6.07, 6.45) is 0. The number of para-hydroxylation sites is 6. The van der Waals surface area contributed by atoms with E-state index in [1.165, 1.54) is 38.6 Å². The molecule has 260 valence electrons. The summed E-state index contributed by atoms with van der Waals surface area (Å²) >= 11 is 0. The summed E-state index contributed by atoms with van der Waals surface area (Å²) in [4.78, 5) is 10.6. The van der Waals surface area contributed by atoms with Crippen molar-refractivity contribution in [2.45, 2.75) is 5.41 Å². The van der Waals surface area contributed by atoms with Crippen LogP contribution >= 0.6 is 0 Å². The predicted molar refractivity (Wildman–Crippen MR) is 226 cm³/mol. The Labute approximate surface area is 321 Å². The lowest BCUT2D eigenvalue weighted by atomic mass is 9.61. The van der Waals surface area contributed by atoms with Crippen molar-refractivity contribution < 1.29 is 4.74 Å². The van der Waals surface area contributed by atoms with Crippen LogP contribution in [0, 0.1) is 0 Å². The lowest BCUT2D eigenvalue weighted by Crippen LogP contribution is -2.37. The molecule has 0 bridgehead atoms. The van der Waals surface area contributed by atoms with Gasteiger partial charge in [-0.3, -0.25) is 4.57 Å². The third kappa shape index (κ3) is 3.65. The maximum Gasteiger partial charge on any atom is 0.235 e. The van der Waals surface area contributed by atoms with E-state index in [0.717, 1.165) is 66.6 Å². The van der Waals surface area contributed by atoms with Crippen molar-refractivity contribution in [3.63, 3.8) is 0 Å². The van der Waals surface area contributed by atoms with Gasteiger partial charge in [0.1, 0.15) is 11.5 Å². The maximum atomic E-state index is 7.24. The molecule has 0 N–H and O–H groups in total. The molecule has 8 aromatic carbocycles. The SMILES string of the molecule is c1ccc(-c2nc(-n3c4ccccc4c4c5c(ccc43)C3(c4ccccc4O5)c4ccccc4-n4c5ccccc5c5cccc3c54)nc3ccccc23)cc1. The zero-order chi connectivity index (χ0) is 36.5. The smallest absolute Gasteiger partial charge is 0.235 e. The van der Waals surface area contributed by atoms with Crippen LogP contribution in [0.15, 0.2) is 182 Å². The molecule has 5 nitrogen and oxygen atoms in total. The largest absolute Gasteiger partial charge is 0.456 e. The molecule has 0 radical (unpaired) electrons. The van der Waals surface area contributed by atoms with Gasteiger partial charge in [-0.2, -0.15) is 0 Å². The van der Waals surface area contributed by atoms with Crippen molar-refractivity contribution >= 4 is 54.5 Å². The lowest BCUT2D eigenvalue weighted by molar-refractivity contribution is 0.439. The van der Waals surface area contributed by atoms with Crippen LogP contribution in [0.2, 0.25) is 0 Å². The molecule has 3 aromatic heterocycles. The first kappa shape index (κ1) is 29.9. The second-order valence-corrected chi connectivity index (χ2v) is 14.9. The van der Waals surface area contributed by atoms with Gasteiger partial charge < -0.3 is 9.30 Å². The minimum Gasteiger partial charge on any atom is -0.456 e. The van der Waals surface area contributed by atoms with Crippen LogP contribution in [0.4, 0.5) is 0 Å². The van der Waals surface area contributed by atoms with Crippen molar-refractivity contribution in [3.8, 4) is 34.4 Å². The third-order valence-corrected chi connectivity index (χ3v) is 12.2. The van der Waals surface area contributed by atoms with Crippen molar-refractivity contribution in [1.29, 1.82) is 0 Å². The molecule has 0 amide bonds. The van der Waals surface area contributed by atoms with Crippen molar-refractivity contribution in [2.24, 2.45) is 0 Å². The van der Waals surface area contributed by atoms with Crippen molar-refractivity contribution in [2.75, 3.05) is 0 Å². The molecule has 5 heterocycles. The zero-order valence-electron chi connectivity index (χ0n) is 30.0. The average molecular weight is 715 g/mol. The van der Waals surface area contributed by atoms with Gasteiger partial charge in [-0.1, -0.05) is 146 Å². The van der Waals surface area contributed by atoms with Crippen LogP contribution < -0.4 is 4.74 Å². The molecule has 1 spiro atoms. The summed E-state index contributed by atoms with van der Waals surface area (Å²) in [5.41, 5.74) is 12.5. The number of hydrogen-bond acceptors (Lipinski definition) is 3. The molecule has 2 aliphatic rings. The molecule has 1 unspecified atom stereocenters. The van der Waals surface area contributed by atoms with Gasteiger partial charge in [-0.25, -0.2) is 9.97 Å². The molecule has 2 aliphatic heterocycles. The van der Waals surface area contributed by atoms with Gasteiger partial charge in [0.15, 0.2) is 0 Å². The summed E-state index contributed by atoms with van der Waals surface area (Å²) in [7, 11) is 0. The molecule has 0 aliphatic carbocycles. The van der Waals surface area contributed by atoms with E-state index < -0.39 is 5.41 Å². The summed E-state index contributed by atoms with van der Waals surface area (Å²) in [6.45, 7) is 0. The molecule has 11 aromatic rings. The first-order valence-electron chi connectivity index (χ1n) is 19.1. The Kier molecular flexibility index (Phi) is 5.77. The summed E-state index contributed by atoms with van der Waals surface area (Å²) in [6, 6.07) is 65.0. The van der Waals surface area contributed by atoms with E-state index in [2.05, 4.69) is 179 Å². The van der Waals surface area contributed by atoms with E-state index in [0.29, 0.717) is 5.95 Å². The van der Waals surface area contributed by atoms with Crippen LogP contribution in [-0.2, 0) is 5.41 Å². The van der Waals surface area contributed by atoms with E-state index in [9.17, 15) is 0 Å². The van der Waals surface area contributed by atoms with E-state index in [1.807, 2.05) is 12.1 Å². The molecule has 0 saturated heterocycles. The Morgan fingerprint density at radius 1 is 0.429 bits per heavy atom. The molecule has 1 atom stereocenters. The Balaban J connectivity index is 1.18. The fourth-order valence-electron chi connectivity index (χ4n) is 10.0. The minimum atomic E-state index is -0.665. The standard InChI is InChI=1S/C51H30N4O/c1-2-15-31(16-3-1)47-34-18-4-9-24-40(34)52-50(53-47)55-42-26-11-6-19-35(42)46-44(55)30-29-39-49(46)56-45-28-13-8-22-37(45)51(39)36-21-7-12-27-43(36)54-41-25-10-5-17-32(41)33-20-14-23-38(51)48(33)54/h1-30H. The second-order valence-electron chi connectivity index (χ2n) is 14.9. The van der Waals surface area contributed by atoms with E-state index >= 15 is 0 Å². The molecule has 13 rings (SSSR count). The van der Waals surface area contributed by atoms with E-state index in [-0.39, 0.29) is 0 Å². The van der Waals surface area contributed by atoms with Crippen LogP contribution in [0.5, 0.6) is 11.5 Å². The monoisotopic (exact) mass is 714 g/mol. The number of fused-ring (bicyclic) bond motifs is 16. The number of benzene rings is 8. The van der Waals surface area contributed by atoms with Gasteiger partial charge in [0, 0.05) is 38.2 Å². The topological polar surface area (TPSA) is 44.9 Å². The number of ether oxygens (including phenoxy) is 1. The molecule has 56 heavy (non-hydrogen) atoms. The van der Waals surface area contributed by atoms with E-state index in [1.54, 1.807) is 0 Å². The fraction of sp³-hybridized carbons (Fsp3) is 0.0196. The van der Waals surface area contributed by atoms with Gasteiger partial charge in [0.05, 0.1) is 49.8 Å². The first-order chi connectivity index (χ1) is 27.8. The highest BCUT2D eigenvalue weighted by molar-refractivity contribution is 6.15. The van der Waals surface area contributed by atoms with E-state index in [4.69, 9.17) is 14.7 Å². The number of rotatable bonds is 2. The van der Waals surface area contributed by atoms with Gasteiger partial charge >= 0.3 is 0 Å². The van der Waals surface area contributed by atoms with Crippen molar-refractivity contribution in [3.05, 3.63) is 204 Å². The second kappa shape index (κ2) is 10.8. The third-order valence-electron chi connectivity index (χ3n) is 12.2. The van der Waals surface area contributed by atoms with Gasteiger partial charge in [-0.05, 0) is 47.5 Å². The molecular weight excluding hydrogens is 685 g/mol. The fourth-order valence-corrected chi connectivity index (χ4v) is 10.0. The molecular formula is C51H30N4O. The Morgan fingerprint density at radius 3 is 1.96 bits per heavy atom. The molecule has 5 heteroatoms. The Hall–Kier alpha value is -7.50. The van der Waals surface area contributed by atoms with Gasteiger partial charge in [0.25, 0.3) is 0 Å². The summed E-state index contributed by atoms with van der Waals surface area (Å²) in [5, 5.41) is 5.65. The predicted octanol–water partition coefficient (Wildman–Crippen LogP) is 12.3.